The lowest BCUT2D eigenvalue weighted by Crippen LogP contribution is -2.18. The molecule has 1 heterocycles. The highest BCUT2D eigenvalue weighted by atomic mass is 35.5. The van der Waals surface area contributed by atoms with Gasteiger partial charge in [-0.3, -0.25) is 4.68 Å². The third-order valence-corrected chi connectivity index (χ3v) is 3.84. The van der Waals surface area contributed by atoms with Crippen LogP contribution >= 0.6 is 35.4 Å². The number of thiocarbonyl (C=S) groups is 1. The molecule has 0 fully saturated rings. The zero-order chi connectivity index (χ0) is 16.9. The molecule has 0 aliphatic heterocycles. The molecular formula is C17H14Cl2N4S. The number of anilines is 2. The highest BCUT2D eigenvalue weighted by Crippen LogP contribution is 2.22. The second kappa shape index (κ2) is 7.66. The zero-order valence-electron chi connectivity index (χ0n) is 12.5. The Morgan fingerprint density at radius 3 is 2.38 bits per heavy atom. The van der Waals surface area contributed by atoms with E-state index in [0.29, 0.717) is 21.7 Å². The van der Waals surface area contributed by atoms with Gasteiger partial charge in [0.15, 0.2) is 5.11 Å². The number of benzene rings is 2. The Bertz CT molecular complexity index is 829. The van der Waals surface area contributed by atoms with Crippen molar-refractivity contribution in [2.75, 3.05) is 10.6 Å². The molecule has 0 bridgehead atoms. The minimum Gasteiger partial charge on any atom is -0.332 e. The van der Waals surface area contributed by atoms with Crippen LogP contribution in [0.15, 0.2) is 60.9 Å². The fourth-order valence-electron chi connectivity index (χ4n) is 2.20. The van der Waals surface area contributed by atoms with Gasteiger partial charge in [-0.1, -0.05) is 53.5 Å². The second-order valence-corrected chi connectivity index (χ2v) is 6.43. The topological polar surface area (TPSA) is 41.9 Å². The van der Waals surface area contributed by atoms with Gasteiger partial charge in [0.2, 0.25) is 0 Å². The molecule has 2 N–H and O–H groups in total. The molecule has 0 saturated carbocycles. The SMILES string of the molecule is S=C(Nc1cc(Cl)cc(Cl)c1)Nc1cnn(Cc2ccccc2)c1. The average Bonchev–Trinajstić information content (AvgIpc) is 2.94. The van der Waals surface area contributed by atoms with E-state index in [9.17, 15) is 0 Å². The van der Waals surface area contributed by atoms with Crippen LogP contribution < -0.4 is 10.6 Å². The van der Waals surface area contributed by atoms with E-state index < -0.39 is 0 Å². The molecule has 3 aromatic rings. The molecule has 4 nitrogen and oxygen atoms in total. The number of aromatic nitrogens is 2. The molecule has 0 aliphatic carbocycles. The average molecular weight is 377 g/mol. The van der Waals surface area contributed by atoms with Crippen LogP contribution in [0, 0.1) is 0 Å². The van der Waals surface area contributed by atoms with Crippen molar-refractivity contribution < 1.29 is 0 Å². The fraction of sp³-hybridized carbons (Fsp3) is 0.0588. The van der Waals surface area contributed by atoms with Crippen molar-refractivity contribution in [2.45, 2.75) is 6.54 Å². The van der Waals surface area contributed by atoms with Crippen molar-refractivity contribution in [3.8, 4) is 0 Å². The Hall–Kier alpha value is -2.08. The van der Waals surface area contributed by atoms with Gasteiger partial charge in [-0.05, 0) is 36.0 Å². The van der Waals surface area contributed by atoms with Crippen LogP contribution in [0.1, 0.15) is 5.56 Å². The largest absolute Gasteiger partial charge is 0.332 e. The first-order chi connectivity index (χ1) is 11.6. The van der Waals surface area contributed by atoms with Gasteiger partial charge in [-0.25, -0.2) is 0 Å². The maximum absolute atomic E-state index is 5.97. The van der Waals surface area contributed by atoms with Crippen LogP contribution in [-0.4, -0.2) is 14.9 Å². The van der Waals surface area contributed by atoms with Crippen molar-refractivity contribution in [1.82, 2.24) is 9.78 Å². The molecule has 0 unspecified atom stereocenters. The van der Waals surface area contributed by atoms with Gasteiger partial charge in [-0.15, -0.1) is 0 Å². The summed E-state index contributed by atoms with van der Waals surface area (Å²) in [6.45, 7) is 0.701. The summed E-state index contributed by atoms with van der Waals surface area (Å²) in [6, 6.07) is 15.3. The molecule has 2 aromatic carbocycles. The Morgan fingerprint density at radius 2 is 1.67 bits per heavy atom. The normalized spacial score (nSPS) is 10.4. The molecule has 24 heavy (non-hydrogen) atoms. The Morgan fingerprint density at radius 1 is 1.00 bits per heavy atom. The maximum atomic E-state index is 5.97. The number of nitrogens with one attached hydrogen (secondary N) is 2. The van der Waals surface area contributed by atoms with Crippen LogP contribution in [0.4, 0.5) is 11.4 Å². The number of halogens is 2. The van der Waals surface area contributed by atoms with Crippen molar-refractivity contribution in [1.29, 1.82) is 0 Å². The molecule has 0 radical (unpaired) electrons. The molecule has 0 spiro atoms. The lowest BCUT2D eigenvalue weighted by atomic mass is 10.2. The predicted octanol–water partition coefficient (Wildman–Crippen LogP) is 5.05. The van der Waals surface area contributed by atoms with Crippen LogP contribution in [0.2, 0.25) is 10.0 Å². The van der Waals surface area contributed by atoms with Crippen molar-refractivity contribution >= 4 is 51.9 Å². The first kappa shape index (κ1) is 16.8. The van der Waals surface area contributed by atoms with Gasteiger partial charge < -0.3 is 10.6 Å². The molecule has 7 heteroatoms. The van der Waals surface area contributed by atoms with Gasteiger partial charge in [0.1, 0.15) is 0 Å². The van der Waals surface area contributed by atoms with Crippen LogP contribution in [0.5, 0.6) is 0 Å². The van der Waals surface area contributed by atoms with Crippen LogP contribution in [0.25, 0.3) is 0 Å². The molecular weight excluding hydrogens is 363 g/mol. The smallest absolute Gasteiger partial charge is 0.175 e. The quantitative estimate of drug-likeness (QED) is 0.625. The molecule has 0 amide bonds. The van der Waals surface area contributed by atoms with Crippen molar-refractivity contribution in [3.05, 3.63) is 76.5 Å². The predicted molar refractivity (Wildman–Crippen MR) is 104 cm³/mol. The second-order valence-electron chi connectivity index (χ2n) is 5.15. The lowest BCUT2D eigenvalue weighted by Gasteiger charge is -2.09. The summed E-state index contributed by atoms with van der Waals surface area (Å²) >= 11 is 17.2. The Kier molecular flexibility index (Phi) is 5.35. The third kappa shape index (κ3) is 4.71. The van der Waals surface area contributed by atoms with E-state index >= 15 is 0 Å². The summed E-state index contributed by atoms with van der Waals surface area (Å²) in [5, 5.41) is 12.0. The fourth-order valence-corrected chi connectivity index (χ4v) is 2.97. The monoisotopic (exact) mass is 376 g/mol. The molecule has 0 aliphatic rings. The molecule has 0 saturated heterocycles. The molecule has 0 atom stereocenters. The van der Waals surface area contributed by atoms with Crippen LogP contribution in [0.3, 0.4) is 0 Å². The van der Waals surface area contributed by atoms with E-state index in [2.05, 4.69) is 27.9 Å². The summed E-state index contributed by atoms with van der Waals surface area (Å²) in [7, 11) is 0. The highest BCUT2D eigenvalue weighted by Gasteiger charge is 2.04. The summed E-state index contributed by atoms with van der Waals surface area (Å²) in [5.41, 5.74) is 2.71. The van der Waals surface area contributed by atoms with Crippen molar-refractivity contribution in [3.63, 3.8) is 0 Å². The standard InChI is InChI=1S/C17H14Cl2N4S/c18-13-6-14(19)8-15(7-13)21-17(24)22-16-9-20-23(11-16)10-12-4-2-1-3-5-12/h1-9,11H,10H2,(H2,21,22,24). The van der Waals surface area contributed by atoms with E-state index in [0.717, 1.165) is 11.4 Å². The first-order valence-electron chi connectivity index (χ1n) is 7.19. The Labute approximate surface area is 155 Å². The third-order valence-electron chi connectivity index (χ3n) is 3.20. The first-order valence-corrected chi connectivity index (χ1v) is 8.35. The lowest BCUT2D eigenvalue weighted by molar-refractivity contribution is 0.687. The number of hydrogen-bond donors (Lipinski definition) is 2. The number of nitrogens with zero attached hydrogens (tertiary/aromatic N) is 2. The van der Waals surface area contributed by atoms with E-state index in [1.165, 1.54) is 5.56 Å². The van der Waals surface area contributed by atoms with E-state index in [1.54, 1.807) is 24.4 Å². The van der Waals surface area contributed by atoms with Gasteiger partial charge in [0, 0.05) is 21.9 Å². The summed E-state index contributed by atoms with van der Waals surface area (Å²) in [4.78, 5) is 0. The van der Waals surface area contributed by atoms with E-state index in [1.807, 2.05) is 29.1 Å². The summed E-state index contributed by atoms with van der Waals surface area (Å²) in [5.74, 6) is 0. The van der Waals surface area contributed by atoms with E-state index in [4.69, 9.17) is 35.4 Å². The van der Waals surface area contributed by atoms with Crippen molar-refractivity contribution in [2.24, 2.45) is 0 Å². The summed E-state index contributed by atoms with van der Waals surface area (Å²) < 4.78 is 1.84. The Balaban J connectivity index is 1.61. The zero-order valence-corrected chi connectivity index (χ0v) is 14.9. The van der Waals surface area contributed by atoms with Crippen LogP contribution in [-0.2, 0) is 6.54 Å². The molecule has 3 rings (SSSR count). The van der Waals surface area contributed by atoms with Gasteiger partial charge >= 0.3 is 0 Å². The highest BCUT2D eigenvalue weighted by molar-refractivity contribution is 7.80. The van der Waals surface area contributed by atoms with E-state index in [-0.39, 0.29) is 0 Å². The summed E-state index contributed by atoms with van der Waals surface area (Å²) in [6.07, 6.45) is 3.62. The van der Waals surface area contributed by atoms with Gasteiger partial charge in [0.05, 0.1) is 18.4 Å². The van der Waals surface area contributed by atoms with Gasteiger partial charge in [-0.2, -0.15) is 5.10 Å². The number of rotatable bonds is 4. The minimum absolute atomic E-state index is 0.438. The maximum Gasteiger partial charge on any atom is 0.175 e. The van der Waals surface area contributed by atoms with Gasteiger partial charge in [0.25, 0.3) is 0 Å². The molecule has 122 valence electrons. The number of hydrogen-bond acceptors (Lipinski definition) is 2. The minimum atomic E-state index is 0.438. The molecule has 1 aromatic heterocycles.